The quantitative estimate of drug-likeness (QED) is 0.629. The zero-order valence-corrected chi connectivity index (χ0v) is 6.96. The number of H-pyrrole nitrogens is 1. The van der Waals surface area contributed by atoms with Crippen LogP contribution in [0.1, 0.15) is 24.3 Å². The number of hydrogen-bond acceptors (Lipinski definition) is 3. The lowest BCUT2D eigenvalue weighted by Gasteiger charge is -2.06. The number of aromatic nitrogens is 2. The summed E-state index contributed by atoms with van der Waals surface area (Å²) in [5, 5.41) is 17.7. The van der Waals surface area contributed by atoms with Crippen molar-refractivity contribution in [1.82, 2.24) is 10.2 Å². The van der Waals surface area contributed by atoms with Crippen molar-refractivity contribution in [1.29, 1.82) is 0 Å². The standard InChI is InChI=1S/C7H11N3O2/c1-4(2)9-5-3-8-10-6(5)7(11)12/h3-4,9H,1-2H3,(H,8,10)(H,11,12). The van der Waals surface area contributed by atoms with E-state index in [0.29, 0.717) is 5.69 Å². The summed E-state index contributed by atoms with van der Waals surface area (Å²) in [5.74, 6) is -1.03. The number of aromatic amines is 1. The summed E-state index contributed by atoms with van der Waals surface area (Å²) < 4.78 is 0. The molecule has 0 bridgehead atoms. The molecule has 0 spiro atoms. The highest BCUT2D eigenvalue weighted by Gasteiger charge is 2.12. The maximum Gasteiger partial charge on any atom is 0.358 e. The van der Waals surface area contributed by atoms with E-state index in [1.54, 1.807) is 0 Å². The second-order valence-corrected chi connectivity index (χ2v) is 2.75. The van der Waals surface area contributed by atoms with Crippen LogP contribution in [0.4, 0.5) is 5.69 Å². The van der Waals surface area contributed by atoms with Crippen molar-refractivity contribution in [3.05, 3.63) is 11.9 Å². The molecule has 0 fully saturated rings. The van der Waals surface area contributed by atoms with Gasteiger partial charge >= 0.3 is 5.97 Å². The van der Waals surface area contributed by atoms with Gasteiger partial charge in [-0.05, 0) is 13.8 Å². The first kappa shape index (κ1) is 8.58. The number of nitrogens with one attached hydrogen (secondary N) is 2. The van der Waals surface area contributed by atoms with Gasteiger partial charge in [0.25, 0.3) is 0 Å². The molecule has 0 atom stereocenters. The monoisotopic (exact) mass is 169 g/mol. The molecule has 0 aliphatic heterocycles. The van der Waals surface area contributed by atoms with Gasteiger partial charge in [-0.1, -0.05) is 0 Å². The van der Waals surface area contributed by atoms with Gasteiger partial charge in [0.15, 0.2) is 5.69 Å². The molecule has 1 heterocycles. The predicted octanol–water partition coefficient (Wildman–Crippen LogP) is 0.928. The zero-order chi connectivity index (χ0) is 9.14. The van der Waals surface area contributed by atoms with Crippen LogP contribution in [0.15, 0.2) is 6.20 Å². The Hall–Kier alpha value is -1.52. The summed E-state index contributed by atoms with van der Waals surface area (Å²) >= 11 is 0. The Bertz CT molecular complexity index is 280. The van der Waals surface area contributed by atoms with E-state index in [1.165, 1.54) is 6.20 Å². The molecular weight excluding hydrogens is 158 g/mol. The highest BCUT2D eigenvalue weighted by atomic mass is 16.4. The Labute approximate surface area is 69.8 Å². The Balaban J connectivity index is 2.84. The fraction of sp³-hybridized carbons (Fsp3) is 0.429. The van der Waals surface area contributed by atoms with Gasteiger partial charge in [-0.2, -0.15) is 5.10 Å². The molecule has 66 valence electrons. The molecule has 0 aliphatic rings. The van der Waals surface area contributed by atoms with Gasteiger partial charge in [0.1, 0.15) is 0 Å². The predicted molar refractivity (Wildman–Crippen MR) is 44.3 cm³/mol. The Morgan fingerprint density at radius 1 is 1.75 bits per heavy atom. The average Bonchev–Trinajstić information content (AvgIpc) is 2.33. The largest absolute Gasteiger partial charge is 0.476 e. The number of anilines is 1. The van der Waals surface area contributed by atoms with Crippen molar-refractivity contribution >= 4 is 11.7 Å². The molecule has 0 saturated heterocycles. The van der Waals surface area contributed by atoms with Crippen LogP contribution < -0.4 is 5.32 Å². The van der Waals surface area contributed by atoms with Crippen LogP contribution in [0.2, 0.25) is 0 Å². The van der Waals surface area contributed by atoms with Crippen LogP contribution in [0.5, 0.6) is 0 Å². The summed E-state index contributed by atoms with van der Waals surface area (Å²) in [6, 6.07) is 0.195. The number of aromatic carboxylic acids is 1. The van der Waals surface area contributed by atoms with Gasteiger partial charge in [-0.15, -0.1) is 0 Å². The molecule has 0 amide bonds. The zero-order valence-electron chi connectivity index (χ0n) is 6.96. The second kappa shape index (κ2) is 3.25. The lowest BCUT2D eigenvalue weighted by Crippen LogP contribution is -2.12. The van der Waals surface area contributed by atoms with Crippen LogP contribution in [0, 0.1) is 0 Å². The van der Waals surface area contributed by atoms with Gasteiger partial charge < -0.3 is 10.4 Å². The van der Waals surface area contributed by atoms with Gasteiger partial charge in [-0.25, -0.2) is 4.79 Å². The number of rotatable bonds is 3. The maximum atomic E-state index is 10.5. The Morgan fingerprint density at radius 3 is 2.92 bits per heavy atom. The van der Waals surface area contributed by atoms with E-state index in [9.17, 15) is 4.79 Å². The highest BCUT2D eigenvalue weighted by molar-refractivity contribution is 5.91. The molecular formula is C7H11N3O2. The first-order valence-electron chi connectivity index (χ1n) is 3.65. The van der Waals surface area contributed by atoms with Gasteiger partial charge in [-0.3, -0.25) is 5.10 Å². The number of nitrogens with zero attached hydrogens (tertiary/aromatic N) is 1. The van der Waals surface area contributed by atoms with Gasteiger partial charge in [0, 0.05) is 12.2 Å². The molecule has 0 aromatic carbocycles. The number of hydrogen-bond donors (Lipinski definition) is 3. The molecule has 0 radical (unpaired) electrons. The van der Waals surface area contributed by atoms with E-state index in [4.69, 9.17) is 5.11 Å². The molecule has 1 aromatic rings. The van der Waals surface area contributed by atoms with Crippen LogP contribution in [-0.4, -0.2) is 27.3 Å². The van der Waals surface area contributed by atoms with Crippen molar-refractivity contribution in [2.24, 2.45) is 0 Å². The summed E-state index contributed by atoms with van der Waals surface area (Å²) in [6.07, 6.45) is 1.53. The first-order valence-corrected chi connectivity index (χ1v) is 3.65. The first-order chi connectivity index (χ1) is 5.61. The van der Waals surface area contributed by atoms with Crippen LogP contribution in [-0.2, 0) is 0 Å². The molecule has 1 rings (SSSR count). The maximum absolute atomic E-state index is 10.5. The summed E-state index contributed by atoms with van der Waals surface area (Å²) in [4.78, 5) is 10.5. The van der Waals surface area contributed by atoms with Crippen molar-refractivity contribution in [3.8, 4) is 0 Å². The molecule has 1 aromatic heterocycles. The van der Waals surface area contributed by atoms with E-state index >= 15 is 0 Å². The lowest BCUT2D eigenvalue weighted by atomic mass is 10.3. The minimum Gasteiger partial charge on any atom is -0.476 e. The van der Waals surface area contributed by atoms with Crippen molar-refractivity contribution in [2.45, 2.75) is 19.9 Å². The van der Waals surface area contributed by atoms with E-state index in [1.807, 2.05) is 13.8 Å². The molecule has 3 N–H and O–H groups in total. The lowest BCUT2D eigenvalue weighted by molar-refractivity contribution is 0.0691. The molecule has 5 heteroatoms. The molecule has 5 nitrogen and oxygen atoms in total. The fourth-order valence-electron chi connectivity index (χ4n) is 0.874. The Kier molecular flexibility index (Phi) is 2.32. The van der Waals surface area contributed by atoms with Crippen LogP contribution in [0.3, 0.4) is 0 Å². The van der Waals surface area contributed by atoms with Crippen molar-refractivity contribution in [2.75, 3.05) is 5.32 Å². The number of carbonyl (C=O) groups is 1. The van der Waals surface area contributed by atoms with Gasteiger partial charge in [0.05, 0.1) is 5.69 Å². The minimum absolute atomic E-state index is 0.0312. The van der Waals surface area contributed by atoms with Gasteiger partial charge in [0.2, 0.25) is 0 Å². The third kappa shape index (κ3) is 1.75. The third-order valence-electron chi connectivity index (χ3n) is 1.29. The van der Waals surface area contributed by atoms with E-state index in [0.717, 1.165) is 0 Å². The smallest absolute Gasteiger partial charge is 0.358 e. The molecule has 0 aliphatic carbocycles. The Morgan fingerprint density at radius 2 is 2.42 bits per heavy atom. The van der Waals surface area contributed by atoms with Crippen molar-refractivity contribution < 1.29 is 9.90 Å². The average molecular weight is 169 g/mol. The minimum atomic E-state index is -1.03. The normalized spacial score (nSPS) is 10.2. The fourth-order valence-corrected chi connectivity index (χ4v) is 0.874. The highest BCUT2D eigenvalue weighted by Crippen LogP contribution is 2.11. The van der Waals surface area contributed by atoms with E-state index < -0.39 is 5.97 Å². The van der Waals surface area contributed by atoms with E-state index in [2.05, 4.69) is 15.5 Å². The van der Waals surface area contributed by atoms with Crippen LogP contribution in [0.25, 0.3) is 0 Å². The summed E-state index contributed by atoms with van der Waals surface area (Å²) in [6.45, 7) is 3.86. The summed E-state index contributed by atoms with van der Waals surface area (Å²) in [5.41, 5.74) is 0.557. The molecule has 0 unspecified atom stereocenters. The third-order valence-corrected chi connectivity index (χ3v) is 1.29. The molecule has 0 saturated carbocycles. The molecule has 12 heavy (non-hydrogen) atoms. The number of carboxylic acids is 1. The van der Waals surface area contributed by atoms with E-state index in [-0.39, 0.29) is 11.7 Å². The summed E-state index contributed by atoms with van der Waals surface area (Å²) in [7, 11) is 0. The van der Waals surface area contributed by atoms with Crippen molar-refractivity contribution in [3.63, 3.8) is 0 Å². The van der Waals surface area contributed by atoms with Crippen LogP contribution >= 0.6 is 0 Å². The second-order valence-electron chi connectivity index (χ2n) is 2.75. The number of carboxylic acid groups (broad SMARTS) is 1. The topological polar surface area (TPSA) is 78.0 Å². The SMILES string of the molecule is CC(C)Nc1c[nH]nc1C(=O)O.